The summed E-state index contributed by atoms with van der Waals surface area (Å²) in [5.41, 5.74) is 6.20. The zero-order valence-electron chi connectivity index (χ0n) is 8.03. The molecular weight excluding hydrogens is 216 g/mol. The minimum Gasteiger partial charge on any atom is -0.496 e. The number of rotatable bonds is 3. The first-order valence-electron chi connectivity index (χ1n) is 3.96. The Bertz CT molecular complexity index is 342. The van der Waals surface area contributed by atoms with Gasteiger partial charge < -0.3 is 15.8 Å². The van der Waals surface area contributed by atoms with Crippen LogP contribution in [-0.4, -0.2) is 18.5 Å². The Kier molecular flexibility index (Phi) is 4.03. The summed E-state index contributed by atoms with van der Waals surface area (Å²) in [7, 11) is 1.64. The Morgan fingerprint density at radius 3 is 2.79 bits per heavy atom. The highest BCUT2D eigenvalue weighted by atomic mass is 32.2. The fourth-order valence-corrected chi connectivity index (χ4v) is 1.72. The summed E-state index contributed by atoms with van der Waals surface area (Å²) in [5.74, 6) is 0.818. The molecule has 0 saturated carbocycles. The lowest BCUT2D eigenvalue weighted by Gasteiger charge is -2.09. The molecule has 0 bridgehead atoms. The molecule has 0 atom stereocenters. The molecule has 1 aromatic rings. The fraction of sp³-hybridized carbons (Fsp3) is 0.222. The molecule has 0 aliphatic rings. The fourth-order valence-electron chi connectivity index (χ4n) is 1.06. The van der Waals surface area contributed by atoms with Crippen LogP contribution < -0.4 is 15.8 Å². The number of nitrogens with two attached hydrogens (primary N) is 1. The highest BCUT2D eigenvalue weighted by molar-refractivity contribution is 7.98. The lowest BCUT2D eigenvalue weighted by molar-refractivity contribution is 0.405. The normalized spacial score (nSPS) is 9.57. The molecule has 3 nitrogen and oxygen atoms in total. The van der Waals surface area contributed by atoms with E-state index in [4.69, 9.17) is 22.7 Å². The Morgan fingerprint density at radius 1 is 1.57 bits per heavy atom. The standard InChI is InChI=1S/C9H12N2OS2/c1-12-7-5-6(11-9(10)13)3-4-8(7)14-2/h3-5H,1-2H3,(H3,10,11,13). The van der Waals surface area contributed by atoms with Crippen molar-refractivity contribution in [2.75, 3.05) is 18.7 Å². The van der Waals surface area contributed by atoms with Crippen molar-refractivity contribution in [3.05, 3.63) is 18.2 Å². The van der Waals surface area contributed by atoms with Crippen LogP contribution in [0, 0.1) is 0 Å². The second kappa shape index (κ2) is 5.07. The molecule has 14 heavy (non-hydrogen) atoms. The predicted octanol–water partition coefficient (Wildman–Crippen LogP) is 2.07. The smallest absolute Gasteiger partial charge is 0.168 e. The Hall–Kier alpha value is -0.940. The topological polar surface area (TPSA) is 47.3 Å². The van der Waals surface area contributed by atoms with Crippen molar-refractivity contribution in [2.24, 2.45) is 5.73 Å². The highest BCUT2D eigenvalue weighted by Gasteiger charge is 2.03. The van der Waals surface area contributed by atoms with Crippen molar-refractivity contribution >= 4 is 34.8 Å². The van der Waals surface area contributed by atoms with E-state index in [9.17, 15) is 0 Å². The third kappa shape index (κ3) is 2.78. The van der Waals surface area contributed by atoms with Gasteiger partial charge in [0.1, 0.15) is 5.75 Å². The number of anilines is 1. The van der Waals surface area contributed by atoms with E-state index in [0.29, 0.717) is 0 Å². The second-order valence-electron chi connectivity index (χ2n) is 2.56. The van der Waals surface area contributed by atoms with Crippen LogP contribution >= 0.6 is 24.0 Å². The molecule has 0 unspecified atom stereocenters. The minimum atomic E-state index is 0.254. The molecule has 0 aromatic heterocycles. The molecule has 1 aromatic carbocycles. The first kappa shape index (κ1) is 11.1. The monoisotopic (exact) mass is 228 g/mol. The van der Waals surface area contributed by atoms with Gasteiger partial charge >= 0.3 is 0 Å². The van der Waals surface area contributed by atoms with Crippen molar-refractivity contribution in [2.45, 2.75) is 4.90 Å². The van der Waals surface area contributed by atoms with Gasteiger partial charge in [-0.05, 0) is 30.6 Å². The van der Waals surface area contributed by atoms with Crippen LogP contribution in [0.3, 0.4) is 0 Å². The van der Waals surface area contributed by atoms with E-state index in [1.807, 2.05) is 24.5 Å². The van der Waals surface area contributed by atoms with Gasteiger partial charge in [-0.25, -0.2) is 0 Å². The molecule has 76 valence electrons. The average Bonchev–Trinajstić information content (AvgIpc) is 2.16. The lowest BCUT2D eigenvalue weighted by Crippen LogP contribution is -2.18. The van der Waals surface area contributed by atoms with Gasteiger partial charge in [-0.3, -0.25) is 0 Å². The van der Waals surface area contributed by atoms with Gasteiger partial charge in [0.25, 0.3) is 0 Å². The SMILES string of the molecule is COc1cc(NC(N)=S)ccc1SC. The van der Waals surface area contributed by atoms with Gasteiger partial charge in [-0.15, -0.1) is 11.8 Å². The van der Waals surface area contributed by atoms with E-state index in [0.717, 1.165) is 16.3 Å². The molecular formula is C9H12N2OS2. The zero-order valence-corrected chi connectivity index (χ0v) is 9.67. The average molecular weight is 228 g/mol. The summed E-state index contributed by atoms with van der Waals surface area (Å²) in [6, 6.07) is 5.74. The molecule has 3 N–H and O–H groups in total. The maximum absolute atomic E-state index is 5.36. The summed E-state index contributed by atoms with van der Waals surface area (Å²) in [5, 5.41) is 3.10. The van der Waals surface area contributed by atoms with E-state index in [2.05, 4.69) is 5.32 Å². The van der Waals surface area contributed by atoms with Gasteiger partial charge in [-0.1, -0.05) is 0 Å². The minimum absolute atomic E-state index is 0.254. The first-order valence-corrected chi connectivity index (χ1v) is 5.59. The van der Waals surface area contributed by atoms with Crippen molar-refractivity contribution < 1.29 is 4.74 Å². The number of thiocarbonyl (C=S) groups is 1. The van der Waals surface area contributed by atoms with Crippen molar-refractivity contribution in [3.8, 4) is 5.75 Å². The number of thioether (sulfide) groups is 1. The van der Waals surface area contributed by atoms with E-state index in [-0.39, 0.29) is 5.11 Å². The van der Waals surface area contributed by atoms with Crippen LogP contribution in [0.1, 0.15) is 0 Å². The molecule has 5 heteroatoms. The Morgan fingerprint density at radius 2 is 2.29 bits per heavy atom. The molecule has 0 radical (unpaired) electrons. The van der Waals surface area contributed by atoms with Crippen LogP contribution in [0.15, 0.2) is 23.1 Å². The molecule has 0 aliphatic carbocycles. The largest absolute Gasteiger partial charge is 0.496 e. The van der Waals surface area contributed by atoms with Crippen LogP contribution in [-0.2, 0) is 0 Å². The molecule has 0 spiro atoms. The van der Waals surface area contributed by atoms with Crippen LogP contribution in [0.25, 0.3) is 0 Å². The molecule has 0 saturated heterocycles. The highest BCUT2D eigenvalue weighted by Crippen LogP contribution is 2.29. The van der Waals surface area contributed by atoms with E-state index in [1.54, 1.807) is 18.9 Å². The lowest BCUT2D eigenvalue weighted by atomic mass is 10.3. The zero-order chi connectivity index (χ0) is 10.6. The third-order valence-corrected chi connectivity index (χ3v) is 2.53. The van der Waals surface area contributed by atoms with Gasteiger partial charge in [0, 0.05) is 16.6 Å². The molecule has 0 aliphatic heterocycles. The number of hydrogen-bond acceptors (Lipinski definition) is 3. The summed E-state index contributed by atoms with van der Waals surface area (Å²) < 4.78 is 5.21. The second-order valence-corrected chi connectivity index (χ2v) is 3.85. The summed E-state index contributed by atoms with van der Waals surface area (Å²) in [4.78, 5) is 1.08. The quantitative estimate of drug-likeness (QED) is 0.612. The summed E-state index contributed by atoms with van der Waals surface area (Å²) >= 11 is 6.37. The van der Waals surface area contributed by atoms with Crippen molar-refractivity contribution in [1.82, 2.24) is 0 Å². The summed E-state index contributed by atoms with van der Waals surface area (Å²) in [6.45, 7) is 0. The maximum Gasteiger partial charge on any atom is 0.168 e. The number of ether oxygens (including phenoxy) is 1. The summed E-state index contributed by atoms with van der Waals surface area (Å²) in [6.07, 6.45) is 2.00. The maximum atomic E-state index is 5.36. The predicted molar refractivity (Wildman–Crippen MR) is 65.2 cm³/mol. The van der Waals surface area contributed by atoms with Gasteiger partial charge in [0.2, 0.25) is 0 Å². The van der Waals surface area contributed by atoms with Crippen molar-refractivity contribution in [3.63, 3.8) is 0 Å². The van der Waals surface area contributed by atoms with Gasteiger partial charge in [0.15, 0.2) is 5.11 Å². The van der Waals surface area contributed by atoms with Crippen LogP contribution in [0.2, 0.25) is 0 Å². The van der Waals surface area contributed by atoms with Crippen LogP contribution in [0.4, 0.5) is 5.69 Å². The van der Waals surface area contributed by atoms with Gasteiger partial charge in [0.05, 0.1) is 7.11 Å². The van der Waals surface area contributed by atoms with Crippen LogP contribution in [0.5, 0.6) is 5.75 Å². The number of hydrogen-bond donors (Lipinski definition) is 2. The van der Waals surface area contributed by atoms with Crippen molar-refractivity contribution in [1.29, 1.82) is 0 Å². The molecule has 0 heterocycles. The van der Waals surface area contributed by atoms with E-state index >= 15 is 0 Å². The Balaban J connectivity index is 2.95. The molecule has 0 amide bonds. The Labute approximate surface area is 93.0 Å². The van der Waals surface area contributed by atoms with E-state index in [1.165, 1.54) is 0 Å². The first-order chi connectivity index (χ1) is 6.67. The number of nitrogens with one attached hydrogen (secondary N) is 1. The number of methoxy groups -OCH3 is 1. The number of benzene rings is 1. The van der Waals surface area contributed by atoms with E-state index < -0.39 is 0 Å². The third-order valence-electron chi connectivity index (χ3n) is 1.65. The molecule has 0 fully saturated rings. The van der Waals surface area contributed by atoms with Gasteiger partial charge in [-0.2, -0.15) is 0 Å². The molecule has 1 rings (SSSR count).